The molecule has 1 aromatic heterocycles. The van der Waals surface area contributed by atoms with Crippen molar-refractivity contribution in [3.05, 3.63) is 83.6 Å². The van der Waals surface area contributed by atoms with Crippen molar-refractivity contribution in [1.82, 2.24) is 4.98 Å². The normalized spacial score (nSPS) is 13.7. The summed E-state index contributed by atoms with van der Waals surface area (Å²) in [6.07, 6.45) is 1.78. The van der Waals surface area contributed by atoms with Gasteiger partial charge in [-0.2, -0.15) is 0 Å². The Morgan fingerprint density at radius 3 is 2.23 bits per heavy atom. The molecule has 7 heteroatoms. The summed E-state index contributed by atoms with van der Waals surface area (Å²) in [5, 5.41) is 12.3. The molecule has 1 saturated heterocycles. The van der Waals surface area contributed by atoms with Crippen LogP contribution in [0.1, 0.15) is 26.3 Å². The molecule has 2 N–H and O–H groups in total. The molecule has 0 bridgehead atoms. The average Bonchev–Trinajstić information content (AvgIpc) is 2.80. The third kappa shape index (κ3) is 4.66. The fourth-order valence-corrected chi connectivity index (χ4v) is 3.66. The molecule has 2 aromatic carbocycles. The molecular formula is C24H24N4O3. The van der Waals surface area contributed by atoms with E-state index in [1.54, 1.807) is 30.5 Å². The minimum absolute atomic E-state index is 0.134. The lowest BCUT2D eigenvalue weighted by atomic mass is 10.1. The number of carboxylic acid groups (broad SMARTS) is 1. The van der Waals surface area contributed by atoms with Crippen molar-refractivity contribution in [1.29, 1.82) is 0 Å². The summed E-state index contributed by atoms with van der Waals surface area (Å²) < 4.78 is 0. The lowest BCUT2D eigenvalue weighted by Gasteiger charge is -2.37. The first-order chi connectivity index (χ1) is 15.0. The number of benzene rings is 2. The second kappa shape index (κ2) is 8.87. The van der Waals surface area contributed by atoms with E-state index in [9.17, 15) is 14.7 Å². The quantitative estimate of drug-likeness (QED) is 0.660. The van der Waals surface area contributed by atoms with Gasteiger partial charge in [0.05, 0.1) is 16.9 Å². The molecule has 1 aliphatic heterocycles. The van der Waals surface area contributed by atoms with Crippen molar-refractivity contribution < 1.29 is 14.7 Å². The van der Waals surface area contributed by atoms with Crippen molar-refractivity contribution in [2.45, 2.75) is 6.92 Å². The Kier molecular flexibility index (Phi) is 5.84. The second-order valence-electron chi connectivity index (χ2n) is 7.52. The number of aromatic carboxylic acids is 1. The molecule has 2 heterocycles. The van der Waals surface area contributed by atoms with Gasteiger partial charge < -0.3 is 20.2 Å². The Hall–Kier alpha value is -3.87. The smallest absolute Gasteiger partial charge is 0.335 e. The van der Waals surface area contributed by atoms with E-state index in [2.05, 4.69) is 20.1 Å². The van der Waals surface area contributed by atoms with Crippen LogP contribution in [0.5, 0.6) is 0 Å². The number of carbonyl (C=O) groups is 2. The summed E-state index contributed by atoms with van der Waals surface area (Å²) >= 11 is 0. The maximum atomic E-state index is 12.8. The number of amides is 1. The Bertz CT molecular complexity index is 1080. The highest BCUT2D eigenvalue weighted by Gasteiger charge is 2.22. The van der Waals surface area contributed by atoms with Crippen molar-refractivity contribution in [2.24, 2.45) is 0 Å². The largest absolute Gasteiger partial charge is 0.478 e. The first-order valence-electron chi connectivity index (χ1n) is 10.2. The van der Waals surface area contributed by atoms with Crippen molar-refractivity contribution >= 4 is 29.1 Å². The van der Waals surface area contributed by atoms with Crippen LogP contribution in [0.4, 0.5) is 17.2 Å². The lowest BCUT2D eigenvalue weighted by Crippen LogP contribution is -2.47. The van der Waals surface area contributed by atoms with Crippen LogP contribution in [-0.4, -0.2) is 48.1 Å². The maximum absolute atomic E-state index is 12.8. The molecule has 0 atom stereocenters. The van der Waals surface area contributed by atoms with E-state index in [1.165, 1.54) is 6.07 Å². The molecule has 0 aliphatic carbocycles. The monoisotopic (exact) mass is 416 g/mol. The lowest BCUT2D eigenvalue weighted by molar-refractivity contribution is 0.0696. The molecule has 3 aromatic rings. The fourth-order valence-electron chi connectivity index (χ4n) is 3.66. The van der Waals surface area contributed by atoms with Crippen LogP contribution < -0.4 is 15.1 Å². The molecule has 4 rings (SSSR count). The predicted octanol–water partition coefficient (Wildman–Crippen LogP) is 3.67. The number of anilines is 3. The van der Waals surface area contributed by atoms with Gasteiger partial charge in [0, 0.05) is 37.9 Å². The summed E-state index contributed by atoms with van der Waals surface area (Å²) in [6.45, 7) is 4.99. The molecule has 0 spiro atoms. The highest BCUT2D eigenvalue weighted by atomic mass is 16.4. The van der Waals surface area contributed by atoms with E-state index in [4.69, 9.17) is 0 Å². The SMILES string of the molecule is Cc1ccc(C(=O)Nc2cc(C(=O)O)ccc2N2CCN(c3ccccn3)CC2)cc1. The highest BCUT2D eigenvalue weighted by Crippen LogP contribution is 2.29. The fraction of sp³-hybridized carbons (Fsp3) is 0.208. The Morgan fingerprint density at radius 2 is 1.58 bits per heavy atom. The minimum Gasteiger partial charge on any atom is -0.478 e. The predicted molar refractivity (Wildman–Crippen MR) is 121 cm³/mol. The van der Waals surface area contributed by atoms with Crippen LogP contribution in [0.25, 0.3) is 0 Å². The van der Waals surface area contributed by atoms with E-state index in [0.717, 1.165) is 43.2 Å². The zero-order chi connectivity index (χ0) is 21.8. The number of hydrogen-bond acceptors (Lipinski definition) is 5. The number of rotatable bonds is 5. The van der Waals surface area contributed by atoms with Gasteiger partial charge in [-0.15, -0.1) is 0 Å². The topological polar surface area (TPSA) is 85.8 Å². The molecule has 0 saturated carbocycles. The number of nitrogens with one attached hydrogen (secondary N) is 1. The zero-order valence-corrected chi connectivity index (χ0v) is 17.3. The van der Waals surface area contributed by atoms with Crippen molar-refractivity contribution in [3.8, 4) is 0 Å². The number of aromatic nitrogens is 1. The van der Waals surface area contributed by atoms with E-state index in [-0.39, 0.29) is 11.5 Å². The van der Waals surface area contributed by atoms with Crippen LogP contribution in [0.3, 0.4) is 0 Å². The second-order valence-corrected chi connectivity index (χ2v) is 7.52. The molecule has 7 nitrogen and oxygen atoms in total. The van der Waals surface area contributed by atoms with Crippen molar-refractivity contribution in [3.63, 3.8) is 0 Å². The van der Waals surface area contributed by atoms with E-state index in [1.807, 2.05) is 37.3 Å². The van der Waals surface area contributed by atoms with Gasteiger partial charge in [-0.3, -0.25) is 4.79 Å². The molecule has 1 aliphatic rings. The summed E-state index contributed by atoms with van der Waals surface area (Å²) in [5.41, 5.74) is 3.03. The van der Waals surface area contributed by atoms with Gasteiger partial charge in [0.1, 0.15) is 5.82 Å². The van der Waals surface area contributed by atoms with Crippen LogP contribution in [0, 0.1) is 6.92 Å². The van der Waals surface area contributed by atoms with Crippen LogP contribution >= 0.6 is 0 Å². The summed E-state index contributed by atoms with van der Waals surface area (Å²) in [4.78, 5) is 33.1. The molecule has 1 fully saturated rings. The van der Waals surface area contributed by atoms with Gasteiger partial charge in [-0.25, -0.2) is 9.78 Å². The minimum atomic E-state index is -1.03. The van der Waals surface area contributed by atoms with E-state index < -0.39 is 5.97 Å². The van der Waals surface area contributed by atoms with E-state index in [0.29, 0.717) is 11.3 Å². The molecule has 158 valence electrons. The Labute approximate surface area is 181 Å². The molecule has 0 radical (unpaired) electrons. The van der Waals surface area contributed by atoms with Gasteiger partial charge in [0.25, 0.3) is 5.91 Å². The van der Waals surface area contributed by atoms with Crippen LogP contribution in [-0.2, 0) is 0 Å². The molecule has 0 unspecified atom stereocenters. The molecule has 31 heavy (non-hydrogen) atoms. The van der Waals surface area contributed by atoms with Gasteiger partial charge in [-0.1, -0.05) is 23.8 Å². The van der Waals surface area contributed by atoms with Gasteiger partial charge in [0.2, 0.25) is 0 Å². The zero-order valence-electron chi connectivity index (χ0n) is 17.3. The van der Waals surface area contributed by atoms with Gasteiger partial charge >= 0.3 is 5.97 Å². The number of nitrogens with zero attached hydrogens (tertiary/aromatic N) is 3. The number of aryl methyl sites for hydroxylation is 1. The summed E-state index contributed by atoms with van der Waals surface area (Å²) in [7, 11) is 0. The third-order valence-electron chi connectivity index (χ3n) is 5.40. The highest BCUT2D eigenvalue weighted by molar-refractivity contribution is 6.06. The van der Waals surface area contributed by atoms with Gasteiger partial charge in [-0.05, 0) is 49.4 Å². The number of pyridine rings is 1. The number of carbonyl (C=O) groups excluding carboxylic acids is 1. The summed E-state index contributed by atoms with van der Waals surface area (Å²) in [6, 6.07) is 18.0. The third-order valence-corrected chi connectivity index (χ3v) is 5.40. The standard InChI is InChI=1S/C24H24N4O3/c1-17-5-7-18(8-6-17)23(29)26-20-16-19(24(30)31)9-10-21(20)27-12-14-28(15-13-27)22-4-2-3-11-25-22/h2-11,16H,12-15H2,1H3,(H,26,29)(H,30,31). The summed E-state index contributed by atoms with van der Waals surface area (Å²) in [5.74, 6) is -0.357. The van der Waals surface area contributed by atoms with Crippen LogP contribution in [0.15, 0.2) is 66.9 Å². The van der Waals surface area contributed by atoms with E-state index >= 15 is 0 Å². The molecule has 1 amide bonds. The number of carboxylic acids is 1. The van der Waals surface area contributed by atoms with Gasteiger partial charge in [0.15, 0.2) is 0 Å². The van der Waals surface area contributed by atoms with Crippen molar-refractivity contribution in [2.75, 3.05) is 41.3 Å². The average molecular weight is 416 g/mol. The van der Waals surface area contributed by atoms with Crippen LogP contribution in [0.2, 0.25) is 0 Å². The maximum Gasteiger partial charge on any atom is 0.335 e. The number of piperazine rings is 1. The molecular weight excluding hydrogens is 392 g/mol. The first-order valence-corrected chi connectivity index (χ1v) is 10.2. The Morgan fingerprint density at radius 1 is 0.903 bits per heavy atom. The Balaban J connectivity index is 1.55. The number of hydrogen-bond donors (Lipinski definition) is 2. The first kappa shape index (κ1) is 20.4.